The molecule has 0 unspecified atom stereocenters. The quantitative estimate of drug-likeness (QED) is 0.686. The third-order valence-corrected chi connectivity index (χ3v) is 5.87. The SMILES string of the molecule is CC1=C(C)C2=CN(C=Cc3ccccc3)CN2N2CN(C=Cc3ccccc3)C=C12. The zero-order valence-electron chi connectivity index (χ0n) is 17.4. The Kier molecular flexibility index (Phi) is 4.68. The van der Waals surface area contributed by atoms with Gasteiger partial charge in [-0.25, -0.2) is 0 Å². The van der Waals surface area contributed by atoms with Crippen molar-refractivity contribution in [3.05, 3.63) is 119 Å². The summed E-state index contributed by atoms with van der Waals surface area (Å²) in [5.41, 5.74) is 7.64. The molecule has 2 aromatic rings. The maximum atomic E-state index is 2.37. The van der Waals surface area contributed by atoms with Crippen LogP contribution in [0.4, 0.5) is 0 Å². The molecular formula is C26H26N4. The Morgan fingerprint density at radius 3 is 1.40 bits per heavy atom. The molecule has 30 heavy (non-hydrogen) atoms. The molecule has 0 atom stereocenters. The molecule has 5 rings (SSSR count). The van der Waals surface area contributed by atoms with Gasteiger partial charge >= 0.3 is 0 Å². The minimum atomic E-state index is 0.816. The fourth-order valence-electron chi connectivity index (χ4n) is 4.04. The lowest BCUT2D eigenvalue weighted by Crippen LogP contribution is -2.44. The summed E-state index contributed by atoms with van der Waals surface area (Å²) in [7, 11) is 0. The van der Waals surface area contributed by atoms with E-state index in [1.165, 1.54) is 33.7 Å². The summed E-state index contributed by atoms with van der Waals surface area (Å²) >= 11 is 0. The molecule has 2 aromatic carbocycles. The normalized spacial score (nSPS) is 18.5. The molecule has 4 nitrogen and oxygen atoms in total. The third-order valence-electron chi connectivity index (χ3n) is 5.87. The summed E-state index contributed by atoms with van der Waals surface area (Å²) in [4.78, 5) is 4.51. The van der Waals surface area contributed by atoms with E-state index in [4.69, 9.17) is 0 Å². The number of hydrogen-bond acceptors (Lipinski definition) is 4. The van der Waals surface area contributed by atoms with Crippen LogP contribution in [-0.2, 0) is 0 Å². The Morgan fingerprint density at radius 2 is 1.00 bits per heavy atom. The largest absolute Gasteiger partial charge is 0.332 e. The molecule has 0 saturated heterocycles. The maximum Gasteiger partial charge on any atom is 0.114 e. The number of hydrogen-bond donors (Lipinski definition) is 0. The molecule has 150 valence electrons. The van der Waals surface area contributed by atoms with Gasteiger partial charge < -0.3 is 9.80 Å². The van der Waals surface area contributed by atoms with E-state index in [-0.39, 0.29) is 0 Å². The van der Waals surface area contributed by atoms with Gasteiger partial charge in [0, 0.05) is 24.8 Å². The fourth-order valence-corrected chi connectivity index (χ4v) is 4.04. The van der Waals surface area contributed by atoms with Gasteiger partial charge in [0.2, 0.25) is 0 Å². The van der Waals surface area contributed by atoms with E-state index in [0.717, 1.165) is 13.3 Å². The molecule has 0 N–H and O–H groups in total. The lowest BCUT2D eigenvalue weighted by Gasteiger charge is -2.40. The van der Waals surface area contributed by atoms with Crippen LogP contribution in [0.5, 0.6) is 0 Å². The number of nitrogens with zero attached hydrogens (tertiary/aromatic N) is 4. The fraction of sp³-hybridized carbons (Fsp3) is 0.154. The molecule has 3 aliphatic heterocycles. The molecule has 0 aromatic heterocycles. The molecule has 0 spiro atoms. The zero-order chi connectivity index (χ0) is 20.5. The van der Waals surface area contributed by atoms with E-state index >= 15 is 0 Å². The molecule has 0 fully saturated rings. The monoisotopic (exact) mass is 394 g/mol. The average molecular weight is 395 g/mol. The highest BCUT2D eigenvalue weighted by atomic mass is 15.7. The van der Waals surface area contributed by atoms with E-state index < -0.39 is 0 Å². The van der Waals surface area contributed by atoms with Crippen LogP contribution in [0.1, 0.15) is 25.0 Å². The highest BCUT2D eigenvalue weighted by Gasteiger charge is 2.37. The van der Waals surface area contributed by atoms with Crippen molar-refractivity contribution in [2.24, 2.45) is 0 Å². The first kappa shape index (κ1) is 18.4. The molecule has 4 heteroatoms. The molecule has 0 bridgehead atoms. The molecule has 0 amide bonds. The van der Waals surface area contributed by atoms with Gasteiger partial charge in [0.1, 0.15) is 13.3 Å². The van der Waals surface area contributed by atoms with Crippen LogP contribution in [0.2, 0.25) is 0 Å². The minimum absolute atomic E-state index is 0.816. The summed E-state index contributed by atoms with van der Waals surface area (Å²) in [6, 6.07) is 20.9. The second-order valence-corrected chi connectivity index (χ2v) is 7.84. The number of hydrazine groups is 1. The van der Waals surface area contributed by atoms with Crippen molar-refractivity contribution in [1.82, 2.24) is 19.8 Å². The van der Waals surface area contributed by atoms with Crippen LogP contribution in [0.3, 0.4) is 0 Å². The second kappa shape index (κ2) is 7.64. The maximum absolute atomic E-state index is 2.37. The Morgan fingerprint density at radius 1 is 0.600 bits per heavy atom. The van der Waals surface area contributed by atoms with Crippen molar-refractivity contribution in [3.63, 3.8) is 0 Å². The van der Waals surface area contributed by atoms with E-state index in [9.17, 15) is 0 Å². The summed E-state index contributed by atoms with van der Waals surface area (Å²) in [5.74, 6) is 0. The third kappa shape index (κ3) is 3.41. The predicted octanol–water partition coefficient (Wildman–Crippen LogP) is 5.43. The summed E-state index contributed by atoms with van der Waals surface area (Å²) in [5, 5.41) is 4.75. The van der Waals surface area contributed by atoms with Crippen molar-refractivity contribution in [2.45, 2.75) is 13.8 Å². The van der Waals surface area contributed by atoms with Gasteiger partial charge in [-0.05, 0) is 48.3 Å². The van der Waals surface area contributed by atoms with Gasteiger partial charge in [-0.3, -0.25) is 10.0 Å². The molecule has 3 aliphatic rings. The van der Waals surface area contributed by atoms with Gasteiger partial charge in [-0.15, -0.1) is 0 Å². The highest BCUT2D eigenvalue weighted by molar-refractivity contribution is 5.52. The van der Waals surface area contributed by atoms with Crippen LogP contribution in [-0.4, -0.2) is 33.2 Å². The first-order valence-corrected chi connectivity index (χ1v) is 10.3. The van der Waals surface area contributed by atoms with Gasteiger partial charge in [-0.2, -0.15) is 0 Å². The Balaban J connectivity index is 1.35. The van der Waals surface area contributed by atoms with Gasteiger partial charge in [0.25, 0.3) is 0 Å². The van der Waals surface area contributed by atoms with Crippen molar-refractivity contribution in [3.8, 4) is 0 Å². The molecular weight excluding hydrogens is 368 g/mol. The van der Waals surface area contributed by atoms with Crippen molar-refractivity contribution in [2.75, 3.05) is 13.3 Å². The number of allylic oxidation sites excluding steroid dienone is 2. The smallest absolute Gasteiger partial charge is 0.114 e. The average Bonchev–Trinajstić information content (AvgIpc) is 3.41. The van der Waals surface area contributed by atoms with Crippen molar-refractivity contribution >= 4 is 12.2 Å². The Hall–Kier alpha value is -3.66. The molecule has 0 aliphatic carbocycles. The standard InChI is InChI=1S/C26H26N4/c1-21-22(2)26-18-28(16-14-24-11-7-4-8-12-24)20-30(26)29-19-27(17-25(21)29)15-13-23-9-5-3-6-10-23/h3-18H,19-20H2,1-2H3. The lowest BCUT2D eigenvalue weighted by atomic mass is 10.0. The first-order chi connectivity index (χ1) is 14.7. The van der Waals surface area contributed by atoms with E-state index in [1.807, 2.05) is 12.1 Å². The summed E-state index contributed by atoms with van der Waals surface area (Å²) < 4.78 is 0. The Bertz CT molecular complexity index is 989. The number of fused-ring (bicyclic) bond motifs is 3. The molecule has 3 heterocycles. The number of benzene rings is 2. The summed E-state index contributed by atoms with van der Waals surface area (Å²) in [6.45, 7) is 6.08. The second-order valence-electron chi connectivity index (χ2n) is 7.84. The van der Waals surface area contributed by atoms with E-state index in [2.05, 4.69) is 119 Å². The summed E-state index contributed by atoms with van der Waals surface area (Å²) in [6.07, 6.45) is 13.1. The van der Waals surface area contributed by atoms with Crippen molar-refractivity contribution < 1.29 is 0 Å². The minimum Gasteiger partial charge on any atom is -0.332 e. The Labute approximate surface area is 178 Å². The van der Waals surface area contributed by atoms with Crippen LogP contribution < -0.4 is 0 Å². The lowest BCUT2D eigenvalue weighted by molar-refractivity contribution is 0.0270. The van der Waals surface area contributed by atoms with Crippen LogP contribution in [0, 0.1) is 0 Å². The highest BCUT2D eigenvalue weighted by Crippen LogP contribution is 2.39. The van der Waals surface area contributed by atoms with Crippen molar-refractivity contribution in [1.29, 1.82) is 0 Å². The molecule has 0 radical (unpaired) electrons. The van der Waals surface area contributed by atoms with Crippen LogP contribution in [0.25, 0.3) is 12.2 Å². The zero-order valence-corrected chi connectivity index (χ0v) is 17.4. The van der Waals surface area contributed by atoms with E-state index in [1.54, 1.807) is 0 Å². The first-order valence-electron chi connectivity index (χ1n) is 10.3. The topological polar surface area (TPSA) is 13.0 Å². The predicted molar refractivity (Wildman–Crippen MR) is 123 cm³/mol. The number of rotatable bonds is 4. The molecule has 0 saturated carbocycles. The van der Waals surface area contributed by atoms with Gasteiger partial charge in [0.05, 0.1) is 11.4 Å². The van der Waals surface area contributed by atoms with Crippen LogP contribution in [0.15, 0.2) is 108 Å². The van der Waals surface area contributed by atoms with Gasteiger partial charge in [0.15, 0.2) is 0 Å². The van der Waals surface area contributed by atoms with E-state index in [0.29, 0.717) is 0 Å². The van der Waals surface area contributed by atoms with Crippen LogP contribution >= 0.6 is 0 Å². The van der Waals surface area contributed by atoms with Gasteiger partial charge in [-0.1, -0.05) is 60.7 Å².